The molecule has 0 heterocycles. The number of aliphatic hydroxyl groups is 1. The summed E-state index contributed by atoms with van der Waals surface area (Å²) in [5, 5.41) is 11.7. The van der Waals surface area contributed by atoms with Gasteiger partial charge in [-0.05, 0) is 62.5 Å². The molecule has 0 bridgehead atoms. The Morgan fingerprint density at radius 2 is 2.03 bits per heavy atom. The zero-order valence-corrected chi connectivity index (χ0v) is 17.7. The lowest BCUT2D eigenvalue weighted by Crippen LogP contribution is -2.57. The van der Waals surface area contributed by atoms with Crippen molar-refractivity contribution in [3.63, 3.8) is 0 Å². The van der Waals surface area contributed by atoms with Crippen LogP contribution in [-0.2, 0) is 19.1 Å². The van der Waals surface area contributed by atoms with E-state index in [1.165, 1.54) is 18.1 Å². The third kappa shape index (κ3) is 2.66. The molecule has 0 aromatic carbocycles. The van der Waals surface area contributed by atoms with Crippen LogP contribution < -0.4 is 0 Å². The maximum atomic E-state index is 13.0. The zero-order chi connectivity index (χ0) is 21.2. The van der Waals surface area contributed by atoms with Gasteiger partial charge in [-0.1, -0.05) is 37.1 Å². The van der Waals surface area contributed by atoms with Crippen LogP contribution in [0, 0.1) is 28.6 Å². The molecule has 0 aromatic heterocycles. The minimum atomic E-state index is -1.51. The molecule has 1 unspecified atom stereocenters. The standard InChI is InChI=1S/C24H30O5/c1-14-11-20-18-6-5-16-12-17(26)7-9-22(16,3)19(18)8-10-23(20,4)24(14,28)21(27)13-29-15(2)25/h7-9,12,14,18,20,28H,5-6,10-11,13H2,1-4H3/t14-,18?,20-,22-,23-,24-/m0/s1. The van der Waals surface area contributed by atoms with Crippen molar-refractivity contribution in [1.82, 2.24) is 0 Å². The first-order valence-electron chi connectivity index (χ1n) is 10.6. The van der Waals surface area contributed by atoms with E-state index in [1.54, 1.807) is 12.2 Å². The molecule has 4 rings (SSSR count). The predicted molar refractivity (Wildman–Crippen MR) is 108 cm³/mol. The molecular formula is C24H30O5. The maximum absolute atomic E-state index is 13.0. The molecule has 4 aliphatic rings. The van der Waals surface area contributed by atoms with Crippen LogP contribution in [0.25, 0.3) is 0 Å². The number of carbonyl (C=O) groups is 3. The monoisotopic (exact) mass is 398 g/mol. The van der Waals surface area contributed by atoms with Crippen LogP contribution in [0.1, 0.15) is 53.4 Å². The number of rotatable bonds is 3. The highest BCUT2D eigenvalue weighted by Crippen LogP contribution is 2.66. The van der Waals surface area contributed by atoms with E-state index >= 15 is 0 Å². The van der Waals surface area contributed by atoms with Gasteiger partial charge in [0.25, 0.3) is 0 Å². The third-order valence-electron chi connectivity index (χ3n) is 8.36. The molecule has 2 fully saturated rings. The van der Waals surface area contributed by atoms with Gasteiger partial charge in [-0.15, -0.1) is 0 Å². The maximum Gasteiger partial charge on any atom is 0.303 e. The summed E-state index contributed by atoms with van der Waals surface area (Å²) in [6, 6.07) is 0. The SMILES string of the molecule is CC(=O)OCC(=O)[C@@]1(O)[C@@H](C)C[C@H]2C3CCC4=CC(=O)C=C[C@]4(C)C3=CC[C@@]21C. The van der Waals surface area contributed by atoms with E-state index in [9.17, 15) is 19.5 Å². The van der Waals surface area contributed by atoms with Gasteiger partial charge in [-0.3, -0.25) is 14.4 Å². The quantitative estimate of drug-likeness (QED) is 0.583. The van der Waals surface area contributed by atoms with Crippen molar-refractivity contribution in [2.24, 2.45) is 28.6 Å². The number of ether oxygens (including phenoxy) is 1. The summed E-state index contributed by atoms with van der Waals surface area (Å²) in [7, 11) is 0. The first-order valence-corrected chi connectivity index (χ1v) is 10.6. The fourth-order valence-electron chi connectivity index (χ4n) is 6.74. The van der Waals surface area contributed by atoms with E-state index < -0.39 is 22.8 Å². The van der Waals surface area contributed by atoms with Gasteiger partial charge in [0.1, 0.15) is 5.60 Å². The van der Waals surface area contributed by atoms with Crippen molar-refractivity contribution in [2.45, 2.75) is 59.0 Å². The lowest BCUT2D eigenvalue weighted by atomic mass is 9.51. The Labute approximate surface area is 171 Å². The second-order valence-electron chi connectivity index (χ2n) is 9.75. The van der Waals surface area contributed by atoms with Crippen molar-refractivity contribution in [3.05, 3.63) is 35.5 Å². The number of ketones is 2. The lowest BCUT2D eigenvalue weighted by molar-refractivity contribution is -0.167. The second-order valence-corrected chi connectivity index (χ2v) is 9.75. The molecule has 0 amide bonds. The first kappa shape index (κ1) is 20.3. The largest absolute Gasteiger partial charge is 0.458 e. The topological polar surface area (TPSA) is 80.7 Å². The van der Waals surface area contributed by atoms with Crippen LogP contribution in [0.4, 0.5) is 0 Å². The van der Waals surface area contributed by atoms with Crippen LogP contribution in [0.5, 0.6) is 0 Å². The van der Waals surface area contributed by atoms with Crippen LogP contribution in [0.15, 0.2) is 35.5 Å². The summed E-state index contributed by atoms with van der Waals surface area (Å²) >= 11 is 0. The Balaban J connectivity index is 1.71. The van der Waals surface area contributed by atoms with E-state index in [-0.39, 0.29) is 35.6 Å². The van der Waals surface area contributed by atoms with Crippen LogP contribution >= 0.6 is 0 Å². The molecule has 4 aliphatic carbocycles. The third-order valence-corrected chi connectivity index (χ3v) is 8.36. The lowest BCUT2D eigenvalue weighted by Gasteiger charge is -2.53. The molecule has 29 heavy (non-hydrogen) atoms. The van der Waals surface area contributed by atoms with Crippen molar-refractivity contribution >= 4 is 17.5 Å². The molecule has 2 saturated carbocycles. The van der Waals surface area contributed by atoms with E-state index in [4.69, 9.17) is 4.74 Å². The van der Waals surface area contributed by atoms with Gasteiger partial charge < -0.3 is 9.84 Å². The molecular weight excluding hydrogens is 368 g/mol. The normalized spacial score (nSPS) is 42.9. The van der Waals surface area contributed by atoms with Crippen LogP contribution in [-0.4, -0.2) is 34.9 Å². The Kier molecular flexibility index (Phi) is 4.54. The summed E-state index contributed by atoms with van der Waals surface area (Å²) in [4.78, 5) is 36.1. The van der Waals surface area contributed by atoms with Gasteiger partial charge in [0.05, 0.1) is 0 Å². The van der Waals surface area contributed by atoms with E-state index in [0.717, 1.165) is 19.3 Å². The van der Waals surface area contributed by atoms with Gasteiger partial charge >= 0.3 is 5.97 Å². The molecule has 156 valence electrons. The van der Waals surface area contributed by atoms with Gasteiger partial charge in [-0.25, -0.2) is 0 Å². The number of allylic oxidation sites excluding steroid dienone is 6. The average Bonchev–Trinajstić information content (AvgIpc) is 2.88. The number of hydrogen-bond donors (Lipinski definition) is 1. The Hall–Kier alpha value is -2.01. The molecule has 0 aliphatic heterocycles. The van der Waals surface area contributed by atoms with Gasteiger partial charge in [0.2, 0.25) is 5.78 Å². The molecule has 0 saturated heterocycles. The molecule has 0 spiro atoms. The highest BCUT2D eigenvalue weighted by Gasteiger charge is 2.67. The molecule has 1 N–H and O–H groups in total. The van der Waals surface area contributed by atoms with E-state index in [2.05, 4.69) is 13.0 Å². The smallest absolute Gasteiger partial charge is 0.303 e. The molecule has 5 heteroatoms. The average molecular weight is 398 g/mol. The van der Waals surface area contributed by atoms with Gasteiger partial charge in [0.15, 0.2) is 12.4 Å². The number of fused-ring (bicyclic) bond motifs is 5. The van der Waals surface area contributed by atoms with Gasteiger partial charge in [0, 0.05) is 17.8 Å². The highest BCUT2D eigenvalue weighted by molar-refractivity contribution is 6.01. The molecule has 5 nitrogen and oxygen atoms in total. The van der Waals surface area contributed by atoms with E-state index in [1.807, 2.05) is 19.9 Å². The number of hydrogen-bond acceptors (Lipinski definition) is 5. The fourth-order valence-corrected chi connectivity index (χ4v) is 6.74. The Bertz CT molecular complexity index is 880. The summed E-state index contributed by atoms with van der Waals surface area (Å²) in [6.45, 7) is 7.03. The minimum absolute atomic E-state index is 0.0529. The zero-order valence-electron chi connectivity index (χ0n) is 17.7. The summed E-state index contributed by atoms with van der Waals surface area (Å²) < 4.78 is 4.95. The van der Waals surface area contributed by atoms with Crippen LogP contribution in [0.2, 0.25) is 0 Å². The predicted octanol–water partition coefficient (Wildman–Crippen LogP) is 3.32. The Morgan fingerprint density at radius 3 is 2.72 bits per heavy atom. The van der Waals surface area contributed by atoms with Crippen molar-refractivity contribution < 1.29 is 24.2 Å². The summed E-state index contributed by atoms with van der Waals surface area (Å²) in [6.07, 6.45) is 10.8. The summed E-state index contributed by atoms with van der Waals surface area (Å²) in [5.41, 5.74) is 0.145. The fraction of sp³-hybridized carbons (Fsp3) is 0.625. The number of esters is 1. The van der Waals surface area contributed by atoms with E-state index in [0.29, 0.717) is 6.42 Å². The summed E-state index contributed by atoms with van der Waals surface area (Å²) in [5.74, 6) is -0.621. The molecule has 6 atom stereocenters. The highest BCUT2D eigenvalue weighted by atomic mass is 16.5. The molecule has 0 radical (unpaired) electrons. The van der Waals surface area contributed by atoms with Crippen molar-refractivity contribution in [3.8, 4) is 0 Å². The second kappa shape index (κ2) is 6.49. The van der Waals surface area contributed by atoms with Crippen molar-refractivity contribution in [1.29, 1.82) is 0 Å². The Morgan fingerprint density at radius 1 is 1.31 bits per heavy atom. The molecule has 0 aromatic rings. The number of carbonyl (C=O) groups excluding carboxylic acids is 3. The van der Waals surface area contributed by atoms with Crippen LogP contribution in [0.3, 0.4) is 0 Å². The minimum Gasteiger partial charge on any atom is -0.458 e. The van der Waals surface area contributed by atoms with Crippen molar-refractivity contribution in [2.75, 3.05) is 6.61 Å². The number of Topliss-reactive ketones (excluding diaryl/α,β-unsaturated/α-hetero) is 1. The van der Waals surface area contributed by atoms with Gasteiger partial charge in [-0.2, -0.15) is 0 Å². The first-order chi connectivity index (χ1) is 13.5.